The van der Waals surface area contributed by atoms with Crippen molar-refractivity contribution in [2.75, 3.05) is 13.2 Å². The Morgan fingerprint density at radius 2 is 2.04 bits per heavy atom. The van der Waals surface area contributed by atoms with Crippen molar-refractivity contribution in [2.45, 2.75) is 46.3 Å². The molecule has 0 saturated carbocycles. The van der Waals surface area contributed by atoms with Gasteiger partial charge in [0.15, 0.2) is 5.69 Å². The Morgan fingerprint density at radius 1 is 1.43 bits per heavy atom. The number of halogens is 1. The summed E-state index contributed by atoms with van der Waals surface area (Å²) < 4.78 is 12.5. The van der Waals surface area contributed by atoms with Crippen LogP contribution in [0.2, 0.25) is 0 Å². The summed E-state index contributed by atoms with van der Waals surface area (Å²) in [6.07, 6.45) is 1.09. The first-order chi connectivity index (χ1) is 10.2. The van der Waals surface area contributed by atoms with E-state index in [0.29, 0.717) is 22.4 Å². The van der Waals surface area contributed by atoms with Gasteiger partial charge in [0.2, 0.25) is 0 Å². The zero-order valence-corrected chi connectivity index (χ0v) is 17.1. The van der Waals surface area contributed by atoms with E-state index in [2.05, 4.69) is 10.4 Å². The molecule has 1 atom stereocenters. The first-order valence-electron chi connectivity index (χ1n) is 7.02. The Kier molecular flexibility index (Phi) is 8.96. The van der Waals surface area contributed by atoms with Gasteiger partial charge in [-0.2, -0.15) is 18.6 Å². The maximum absolute atomic E-state index is 12.0. The molecule has 0 radical (unpaired) electrons. The summed E-state index contributed by atoms with van der Waals surface area (Å²) in [5.74, 6) is -0.423. The molecule has 0 aliphatic carbocycles. The number of alkyl carbamates (subject to hydrolysis) is 1. The molecular formula is C14H24IN3O4S. The van der Waals surface area contributed by atoms with Gasteiger partial charge in [-0.1, -0.05) is 0 Å². The zero-order valence-electron chi connectivity index (χ0n) is 14.0. The van der Waals surface area contributed by atoms with E-state index in [4.69, 9.17) is 9.47 Å². The third-order valence-corrected chi connectivity index (χ3v) is 3.37. The number of nitrogens with zero attached hydrogens (tertiary/aromatic N) is 2. The molecule has 0 spiro atoms. The molecule has 7 nitrogen and oxygen atoms in total. The Hall–Kier alpha value is -0.970. The third-order valence-electron chi connectivity index (χ3n) is 2.58. The number of rotatable bonds is 5. The lowest BCUT2D eigenvalue weighted by Gasteiger charge is -2.21. The van der Waals surface area contributed by atoms with Crippen molar-refractivity contribution in [3.05, 3.63) is 15.5 Å². The van der Waals surface area contributed by atoms with Gasteiger partial charge in [-0.25, -0.2) is 9.59 Å². The average Bonchev–Trinajstić information content (AvgIpc) is 2.76. The number of esters is 1. The van der Waals surface area contributed by atoms with Crippen LogP contribution >= 0.6 is 36.1 Å². The largest absolute Gasteiger partial charge is 0.461 e. The second kappa shape index (κ2) is 9.36. The second-order valence-corrected chi connectivity index (χ2v) is 6.90. The van der Waals surface area contributed by atoms with Gasteiger partial charge in [-0.3, -0.25) is 4.68 Å². The van der Waals surface area contributed by atoms with Gasteiger partial charge < -0.3 is 14.8 Å². The minimum Gasteiger partial charge on any atom is -0.461 e. The molecule has 0 unspecified atom stereocenters. The topological polar surface area (TPSA) is 82.5 Å². The molecule has 0 aliphatic heterocycles. The van der Waals surface area contributed by atoms with E-state index in [1.807, 2.05) is 29.5 Å². The number of carbonyl (C=O) groups is 2. The van der Waals surface area contributed by atoms with Crippen LogP contribution in [0.5, 0.6) is 0 Å². The average molecular weight is 457 g/mol. The standard InChI is InChI=1S/C14H22IN3O4.H2S/c1-6-21-12(19)11-10(15)8-17-18(11)9(2)7-16-13(20)22-14(3,4)5;/h8-9H,6-7H2,1-5H3,(H,16,20);1H2/t9-;/m0./s1. The molecule has 9 heteroatoms. The van der Waals surface area contributed by atoms with Crippen molar-refractivity contribution >= 4 is 48.1 Å². The van der Waals surface area contributed by atoms with E-state index in [-0.39, 0.29) is 19.5 Å². The second-order valence-electron chi connectivity index (χ2n) is 5.74. The highest BCUT2D eigenvalue weighted by atomic mass is 127. The number of hydrogen-bond acceptors (Lipinski definition) is 5. The summed E-state index contributed by atoms with van der Waals surface area (Å²) >= 11 is 2.03. The minimum absolute atomic E-state index is 0. The highest BCUT2D eigenvalue weighted by Crippen LogP contribution is 2.17. The van der Waals surface area contributed by atoms with Crippen molar-refractivity contribution in [3.8, 4) is 0 Å². The molecule has 1 aromatic rings. The van der Waals surface area contributed by atoms with E-state index >= 15 is 0 Å². The van der Waals surface area contributed by atoms with Crippen molar-refractivity contribution < 1.29 is 19.1 Å². The molecule has 0 bridgehead atoms. The molecule has 1 heterocycles. The van der Waals surface area contributed by atoms with Crippen LogP contribution in [0.1, 0.15) is 51.1 Å². The van der Waals surface area contributed by atoms with Crippen LogP contribution in [0.25, 0.3) is 0 Å². The van der Waals surface area contributed by atoms with Gasteiger partial charge in [0, 0.05) is 6.54 Å². The fourth-order valence-corrected chi connectivity index (χ4v) is 2.29. The van der Waals surface area contributed by atoms with Gasteiger partial charge in [-0.15, -0.1) is 0 Å². The van der Waals surface area contributed by atoms with Gasteiger partial charge in [0.1, 0.15) is 5.60 Å². The number of carbonyl (C=O) groups excluding carboxylic acids is 2. The molecule has 0 fully saturated rings. The van der Waals surface area contributed by atoms with Gasteiger partial charge >= 0.3 is 12.1 Å². The van der Waals surface area contributed by atoms with Gasteiger partial charge in [0.05, 0.1) is 22.4 Å². The fraction of sp³-hybridized carbons (Fsp3) is 0.643. The normalized spacial score (nSPS) is 12.1. The number of amides is 1. The van der Waals surface area contributed by atoms with E-state index in [1.54, 1.807) is 38.6 Å². The number of nitrogens with one attached hydrogen (secondary N) is 1. The first-order valence-corrected chi connectivity index (χ1v) is 8.10. The summed E-state index contributed by atoms with van der Waals surface area (Å²) in [6, 6.07) is -0.213. The molecule has 0 aromatic carbocycles. The van der Waals surface area contributed by atoms with Crippen LogP contribution in [0.15, 0.2) is 6.20 Å². The monoisotopic (exact) mass is 457 g/mol. The third kappa shape index (κ3) is 6.98. The van der Waals surface area contributed by atoms with Crippen LogP contribution in [0, 0.1) is 3.57 Å². The van der Waals surface area contributed by atoms with Crippen molar-refractivity contribution in [1.29, 1.82) is 0 Å². The molecular weight excluding hydrogens is 433 g/mol. The highest BCUT2D eigenvalue weighted by Gasteiger charge is 2.22. The lowest BCUT2D eigenvalue weighted by atomic mass is 10.2. The van der Waals surface area contributed by atoms with Crippen LogP contribution in [-0.4, -0.2) is 40.6 Å². The fourth-order valence-electron chi connectivity index (χ4n) is 1.70. The van der Waals surface area contributed by atoms with Gasteiger partial charge in [-0.05, 0) is 57.2 Å². The van der Waals surface area contributed by atoms with E-state index < -0.39 is 17.7 Å². The predicted octanol–water partition coefficient (Wildman–Crippen LogP) is 2.86. The lowest BCUT2D eigenvalue weighted by molar-refractivity contribution is 0.0506. The maximum atomic E-state index is 12.0. The minimum atomic E-state index is -0.551. The van der Waals surface area contributed by atoms with Crippen LogP contribution in [0.4, 0.5) is 4.79 Å². The number of aromatic nitrogens is 2. The van der Waals surface area contributed by atoms with E-state index in [0.717, 1.165) is 0 Å². The molecule has 132 valence electrons. The van der Waals surface area contributed by atoms with E-state index in [9.17, 15) is 9.59 Å². The molecule has 1 rings (SSSR count). The number of hydrogen-bond donors (Lipinski definition) is 1. The Bertz CT molecular complexity index is 543. The van der Waals surface area contributed by atoms with Gasteiger partial charge in [0.25, 0.3) is 0 Å². The summed E-state index contributed by atoms with van der Waals surface area (Å²) in [7, 11) is 0. The van der Waals surface area contributed by atoms with Crippen LogP contribution < -0.4 is 5.32 Å². The SMILES string of the molecule is CCOC(=O)c1c(I)cnn1[C@@H](C)CNC(=O)OC(C)(C)C.S. The van der Waals surface area contributed by atoms with Crippen molar-refractivity contribution in [2.24, 2.45) is 0 Å². The Morgan fingerprint density at radius 3 is 2.57 bits per heavy atom. The number of ether oxygens (including phenoxy) is 2. The van der Waals surface area contributed by atoms with Crippen molar-refractivity contribution in [1.82, 2.24) is 15.1 Å². The lowest BCUT2D eigenvalue weighted by Crippen LogP contribution is -2.36. The summed E-state index contributed by atoms with van der Waals surface area (Å²) in [5.41, 5.74) is -0.161. The van der Waals surface area contributed by atoms with Crippen LogP contribution in [0.3, 0.4) is 0 Å². The quantitative estimate of drug-likeness (QED) is 0.543. The van der Waals surface area contributed by atoms with Crippen LogP contribution in [-0.2, 0) is 9.47 Å². The Labute approximate surface area is 157 Å². The molecule has 23 heavy (non-hydrogen) atoms. The summed E-state index contributed by atoms with van der Waals surface area (Å²) in [6.45, 7) is 9.58. The maximum Gasteiger partial charge on any atom is 0.407 e. The molecule has 0 aliphatic rings. The highest BCUT2D eigenvalue weighted by molar-refractivity contribution is 14.1. The smallest absolute Gasteiger partial charge is 0.407 e. The molecule has 1 N–H and O–H groups in total. The molecule has 0 saturated heterocycles. The van der Waals surface area contributed by atoms with Crippen molar-refractivity contribution in [3.63, 3.8) is 0 Å². The predicted molar refractivity (Wildman–Crippen MR) is 100 cm³/mol. The summed E-state index contributed by atoms with van der Waals surface area (Å²) in [5, 5.41) is 6.86. The zero-order chi connectivity index (χ0) is 16.9. The van der Waals surface area contributed by atoms with E-state index in [1.165, 1.54) is 0 Å². The molecule has 1 aromatic heterocycles. The summed E-state index contributed by atoms with van der Waals surface area (Å²) in [4.78, 5) is 23.6. The Balaban J connectivity index is 0.00000484. The first kappa shape index (κ1) is 22.0. The molecule has 1 amide bonds.